The number of hydrogen-bond acceptors (Lipinski definition) is 5. The summed E-state index contributed by atoms with van der Waals surface area (Å²) in [5.74, 6) is -0.317. The van der Waals surface area contributed by atoms with E-state index in [1.807, 2.05) is 6.92 Å². The number of nitrogens with zero attached hydrogens (tertiary/aromatic N) is 1. The number of ether oxygens (including phenoxy) is 1. The molecule has 1 N–H and O–H groups in total. The van der Waals surface area contributed by atoms with Gasteiger partial charge < -0.3 is 10.1 Å². The lowest BCUT2D eigenvalue weighted by molar-refractivity contribution is 0.0527. The third-order valence-corrected chi connectivity index (χ3v) is 4.14. The molecular weight excluding hydrogens is 284 g/mol. The van der Waals surface area contributed by atoms with Crippen LogP contribution in [0.1, 0.15) is 47.1 Å². The standard InChI is InChI=1S/C16H20N2O2S/c1-5-20-16(19)14-12(4)18-21-15(14)17-11(3)13-8-6-10(2)7-9-13/h6-9,11,17H,5H2,1-4H3. The largest absolute Gasteiger partial charge is 0.462 e. The number of hydrogen-bond donors (Lipinski definition) is 1. The highest BCUT2D eigenvalue weighted by Crippen LogP contribution is 2.29. The maximum atomic E-state index is 12.0. The Bertz CT molecular complexity index is 620. The molecule has 0 saturated heterocycles. The average molecular weight is 304 g/mol. The number of aromatic nitrogens is 1. The monoisotopic (exact) mass is 304 g/mol. The van der Waals surface area contributed by atoms with Gasteiger partial charge in [-0.15, -0.1) is 0 Å². The number of nitrogens with one attached hydrogen (secondary N) is 1. The molecule has 0 aliphatic carbocycles. The molecule has 112 valence electrons. The second-order valence-electron chi connectivity index (χ2n) is 4.97. The summed E-state index contributed by atoms with van der Waals surface area (Å²) in [6, 6.07) is 8.43. The summed E-state index contributed by atoms with van der Waals surface area (Å²) >= 11 is 1.29. The fourth-order valence-electron chi connectivity index (χ4n) is 2.05. The molecule has 0 fully saturated rings. The zero-order valence-corrected chi connectivity index (χ0v) is 13.6. The van der Waals surface area contributed by atoms with Gasteiger partial charge >= 0.3 is 5.97 Å². The molecular formula is C16H20N2O2S. The van der Waals surface area contributed by atoms with Crippen LogP contribution in [0, 0.1) is 13.8 Å². The van der Waals surface area contributed by atoms with Gasteiger partial charge in [0.15, 0.2) is 0 Å². The van der Waals surface area contributed by atoms with E-state index >= 15 is 0 Å². The van der Waals surface area contributed by atoms with E-state index in [0.717, 1.165) is 5.00 Å². The third-order valence-electron chi connectivity index (χ3n) is 3.27. The minimum Gasteiger partial charge on any atom is -0.462 e. The Morgan fingerprint density at radius 2 is 2.00 bits per heavy atom. The summed E-state index contributed by atoms with van der Waals surface area (Å²) in [7, 11) is 0. The highest BCUT2D eigenvalue weighted by atomic mass is 32.1. The fraction of sp³-hybridized carbons (Fsp3) is 0.375. The second-order valence-corrected chi connectivity index (χ2v) is 5.74. The average Bonchev–Trinajstić information content (AvgIpc) is 2.80. The zero-order valence-electron chi connectivity index (χ0n) is 12.8. The van der Waals surface area contributed by atoms with Gasteiger partial charge in [-0.1, -0.05) is 29.8 Å². The first-order valence-corrected chi connectivity index (χ1v) is 7.76. The minimum atomic E-state index is -0.317. The second kappa shape index (κ2) is 6.72. The normalized spacial score (nSPS) is 12.0. The minimum absolute atomic E-state index is 0.0960. The predicted molar refractivity (Wildman–Crippen MR) is 86.0 cm³/mol. The maximum Gasteiger partial charge on any atom is 0.343 e. The quantitative estimate of drug-likeness (QED) is 0.845. The van der Waals surface area contributed by atoms with Crippen molar-refractivity contribution in [2.45, 2.75) is 33.7 Å². The first-order valence-electron chi connectivity index (χ1n) is 6.99. The molecule has 0 radical (unpaired) electrons. The Morgan fingerprint density at radius 1 is 1.33 bits per heavy atom. The van der Waals surface area contributed by atoms with Gasteiger partial charge in [0, 0.05) is 6.04 Å². The Balaban J connectivity index is 2.19. The lowest BCUT2D eigenvalue weighted by atomic mass is 10.1. The van der Waals surface area contributed by atoms with Crippen LogP contribution in [0.2, 0.25) is 0 Å². The number of anilines is 1. The van der Waals surface area contributed by atoms with E-state index in [2.05, 4.69) is 47.8 Å². The SMILES string of the molecule is CCOC(=O)c1c(C)nsc1NC(C)c1ccc(C)cc1. The lowest BCUT2D eigenvalue weighted by Crippen LogP contribution is -2.11. The molecule has 1 aromatic carbocycles. The molecule has 21 heavy (non-hydrogen) atoms. The molecule has 0 aliphatic rings. The Hall–Kier alpha value is -1.88. The summed E-state index contributed by atoms with van der Waals surface area (Å²) in [5, 5.41) is 4.12. The van der Waals surface area contributed by atoms with E-state index in [0.29, 0.717) is 17.9 Å². The van der Waals surface area contributed by atoms with Crippen LogP contribution >= 0.6 is 11.5 Å². The predicted octanol–water partition coefficient (Wildman–Crippen LogP) is 4.11. The molecule has 0 saturated carbocycles. The van der Waals surface area contributed by atoms with Gasteiger partial charge in [0.05, 0.1) is 12.3 Å². The molecule has 0 aliphatic heterocycles. The van der Waals surface area contributed by atoms with Crippen LogP contribution in [-0.2, 0) is 4.74 Å². The van der Waals surface area contributed by atoms with Crippen molar-refractivity contribution in [3.8, 4) is 0 Å². The highest BCUT2D eigenvalue weighted by Gasteiger charge is 2.21. The topological polar surface area (TPSA) is 51.2 Å². The number of benzene rings is 1. The summed E-state index contributed by atoms with van der Waals surface area (Å²) in [4.78, 5) is 12.0. The van der Waals surface area contributed by atoms with Crippen LogP contribution in [0.15, 0.2) is 24.3 Å². The van der Waals surface area contributed by atoms with Gasteiger partial charge in [0.1, 0.15) is 10.6 Å². The van der Waals surface area contributed by atoms with Crippen molar-refractivity contribution in [1.29, 1.82) is 0 Å². The van der Waals surface area contributed by atoms with E-state index in [1.54, 1.807) is 6.92 Å². The van der Waals surface area contributed by atoms with Gasteiger partial charge in [-0.3, -0.25) is 0 Å². The molecule has 0 bridgehead atoms. The van der Waals surface area contributed by atoms with Crippen LogP contribution in [0.3, 0.4) is 0 Å². The number of esters is 1. The van der Waals surface area contributed by atoms with Crippen molar-refractivity contribution < 1.29 is 9.53 Å². The number of carbonyl (C=O) groups is 1. The molecule has 1 aromatic heterocycles. The van der Waals surface area contributed by atoms with Crippen molar-refractivity contribution in [3.63, 3.8) is 0 Å². The van der Waals surface area contributed by atoms with Gasteiger partial charge in [-0.25, -0.2) is 4.79 Å². The molecule has 5 heteroatoms. The highest BCUT2D eigenvalue weighted by molar-refractivity contribution is 7.10. The summed E-state index contributed by atoms with van der Waals surface area (Å²) in [5.41, 5.74) is 3.64. The van der Waals surface area contributed by atoms with Crippen LogP contribution in [0.25, 0.3) is 0 Å². The van der Waals surface area contributed by atoms with Crippen molar-refractivity contribution >= 4 is 22.5 Å². The van der Waals surface area contributed by atoms with Gasteiger partial charge in [-0.05, 0) is 44.8 Å². The van der Waals surface area contributed by atoms with Crippen LogP contribution in [-0.4, -0.2) is 16.9 Å². The molecule has 1 unspecified atom stereocenters. The first-order chi connectivity index (χ1) is 10.0. The lowest BCUT2D eigenvalue weighted by Gasteiger charge is -2.15. The fourth-order valence-corrected chi connectivity index (χ4v) is 2.92. The van der Waals surface area contributed by atoms with Crippen molar-refractivity contribution in [1.82, 2.24) is 4.37 Å². The van der Waals surface area contributed by atoms with E-state index in [4.69, 9.17) is 4.74 Å². The van der Waals surface area contributed by atoms with Crippen LogP contribution in [0.5, 0.6) is 0 Å². The van der Waals surface area contributed by atoms with Gasteiger partial charge in [-0.2, -0.15) is 4.37 Å². The van der Waals surface area contributed by atoms with E-state index < -0.39 is 0 Å². The van der Waals surface area contributed by atoms with Crippen LogP contribution < -0.4 is 5.32 Å². The number of carbonyl (C=O) groups excluding carboxylic acids is 1. The molecule has 1 atom stereocenters. The van der Waals surface area contributed by atoms with E-state index in [-0.39, 0.29) is 12.0 Å². The van der Waals surface area contributed by atoms with Crippen LogP contribution in [0.4, 0.5) is 5.00 Å². The van der Waals surface area contributed by atoms with Crippen molar-refractivity contribution in [3.05, 3.63) is 46.6 Å². The van der Waals surface area contributed by atoms with E-state index in [1.165, 1.54) is 22.7 Å². The van der Waals surface area contributed by atoms with Gasteiger partial charge in [0.2, 0.25) is 0 Å². The Morgan fingerprint density at radius 3 is 2.62 bits per heavy atom. The zero-order chi connectivity index (χ0) is 15.4. The van der Waals surface area contributed by atoms with Crippen molar-refractivity contribution in [2.75, 3.05) is 11.9 Å². The molecule has 2 rings (SSSR count). The number of rotatable bonds is 5. The third kappa shape index (κ3) is 3.61. The number of aryl methyl sites for hydroxylation is 2. The molecule has 4 nitrogen and oxygen atoms in total. The summed E-state index contributed by atoms with van der Waals surface area (Å²) in [6.45, 7) is 8.11. The Kier molecular flexibility index (Phi) is 4.96. The van der Waals surface area contributed by atoms with Crippen molar-refractivity contribution in [2.24, 2.45) is 0 Å². The Labute approximate surface area is 129 Å². The maximum absolute atomic E-state index is 12.0. The summed E-state index contributed by atoms with van der Waals surface area (Å²) in [6.07, 6.45) is 0. The molecule has 0 amide bonds. The molecule has 1 heterocycles. The van der Waals surface area contributed by atoms with E-state index in [9.17, 15) is 4.79 Å². The van der Waals surface area contributed by atoms with Gasteiger partial charge in [0.25, 0.3) is 0 Å². The molecule has 0 spiro atoms. The summed E-state index contributed by atoms with van der Waals surface area (Å²) < 4.78 is 9.36. The smallest absolute Gasteiger partial charge is 0.343 e. The first kappa shape index (κ1) is 15.5. The molecule has 2 aromatic rings.